The lowest BCUT2D eigenvalue weighted by molar-refractivity contribution is -0.125. The number of hydrogen-bond acceptors (Lipinski definition) is 2. The Hall–Kier alpha value is -1.77. The van der Waals surface area contributed by atoms with E-state index in [9.17, 15) is 4.79 Å². The van der Waals surface area contributed by atoms with Crippen molar-refractivity contribution in [2.75, 3.05) is 14.2 Å². The van der Waals surface area contributed by atoms with Crippen molar-refractivity contribution in [2.24, 2.45) is 0 Å². The number of amides is 1. The maximum absolute atomic E-state index is 11.5. The number of methoxy groups -OCH3 is 1. The molecule has 1 aromatic carbocycles. The van der Waals surface area contributed by atoms with Gasteiger partial charge < -0.3 is 9.64 Å². The molecule has 0 radical (unpaired) electrons. The summed E-state index contributed by atoms with van der Waals surface area (Å²) in [6.45, 7) is 2.38. The van der Waals surface area contributed by atoms with Crippen LogP contribution in [0, 0.1) is 0 Å². The van der Waals surface area contributed by atoms with Crippen molar-refractivity contribution in [1.29, 1.82) is 0 Å². The number of ether oxygens (including phenoxy) is 1. The Balaban J connectivity index is 2.76. The quantitative estimate of drug-likeness (QED) is 0.727. The standard InChI is InChI=1S/C13H17NO2/c1-4-7-13(15)14(2)10-11-8-5-6-9-12(11)16-3/h4-9H,10H2,1-3H3. The summed E-state index contributed by atoms with van der Waals surface area (Å²) in [5.41, 5.74) is 1.00. The first-order chi connectivity index (χ1) is 7.69. The number of para-hydroxylation sites is 1. The van der Waals surface area contributed by atoms with E-state index in [2.05, 4.69) is 0 Å². The van der Waals surface area contributed by atoms with E-state index in [0.717, 1.165) is 11.3 Å². The molecule has 86 valence electrons. The highest BCUT2D eigenvalue weighted by molar-refractivity contribution is 5.87. The Labute approximate surface area is 96.3 Å². The summed E-state index contributed by atoms with van der Waals surface area (Å²) in [6.07, 6.45) is 3.29. The van der Waals surface area contributed by atoms with E-state index >= 15 is 0 Å². The molecule has 3 nitrogen and oxygen atoms in total. The SMILES string of the molecule is CC=CC(=O)N(C)Cc1ccccc1OC. The fourth-order valence-electron chi connectivity index (χ4n) is 1.44. The van der Waals surface area contributed by atoms with Gasteiger partial charge in [-0.15, -0.1) is 0 Å². The molecule has 1 aromatic rings. The van der Waals surface area contributed by atoms with Crippen molar-refractivity contribution in [3.05, 3.63) is 42.0 Å². The van der Waals surface area contributed by atoms with E-state index in [1.807, 2.05) is 31.2 Å². The van der Waals surface area contributed by atoms with E-state index in [4.69, 9.17) is 4.74 Å². The van der Waals surface area contributed by atoms with Crippen LogP contribution in [0.25, 0.3) is 0 Å². The third kappa shape index (κ3) is 3.12. The van der Waals surface area contributed by atoms with Gasteiger partial charge in [0.1, 0.15) is 5.75 Å². The van der Waals surface area contributed by atoms with Crippen LogP contribution in [0.2, 0.25) is 0 Å². The van der Waals surface area contributed by atoms with Gasteiger partial charge >= 0.3 is 0 Å². The predicted octanol–water partition coefficient (Wildman–Crippen LogP) is 2.23. The first-order valence-electron chi connectivity index (χ1n) is 5.18. The van der Waals surface area contributed by atoms with Gasteiger partial charge in [-0.25, -0.2) is 0 Å². The third-order valence-corrected chi connectivity index (χ3v) is 2.29. The zero-order valence-electron chi connectivity index (χ0n) is 9.93. The predicted molar refractivity (Wildman–Crippen MR) is 64.3 cm³/mol. The molecule has 3 heteroatoms. The Morgan fingerprint density at radius 1 is 1.44 bits per heavy atom. The number of carbonyl (C=O) groups is 1. The summed E-state index contributed by atoms with van der Waals surface area (Å²) in [5.74, 6) is 0.802. The molecule has 0 N–H and O–H groups in total. The molecule has 16 heavy (non-hydrogen) atoms. The van der Waals surface area contributed by atoms with Crippen LogP contribution in [0.4, 0.5) is 0 Å². The van der Waals surface area contributed by atoms with E-state index in [-0.39, 0.29) is 5.91 Å². The molecule has 0 aromatic heterocycles. The molecule has 0 spiro atoms. The maximum Gasteiger partial charge on any atom is 0.246 e. The molecule has 0 heterocycles. The average Bonchev–Trinajstić information content (AvgIpc) is 2.30. The lowest BCUT2D eigenvalue weighted by Crippen LogP contribution is -2.24. The van der Waals surface area contributed by atoms with Gasteiger partial charge in [-0.3, -0.25) is 4.79 Å². The Bertz CT molecular complexity index is 385. The van der Waals surface area contributed by atoms with Crippen molar-refractivity contribution in [3.8, 4) is 5.75 Å². The van der Waals surface area contributed by atoms with Gasteiger partial charge in [0.25, 0.3) is 0 Å². The van der Waals surface area contributed by atoms with Crippen LogP contribution < -0.4 is 4.74 Å². The van der Waals surface area contributed by atoms with Crippen molar-refractivity contribution < 1.29 is 9.53 Å². The third-order valence-electron chi connectivity index (χ3n) is 2.29. The molecule has 0 unspecified atom stereocenters. The van der Waals surface area contributed by atoms with Crippen molar-refractivity contribution in [2.45, 2.75) is 13.5 Å². The van der Waals surface area contributed by atoms with Gasteiger partial charge in [0.05, 0.1) is 7.11 Å². The van der Waals surface area contributed by atoms with Crippen molar-refractivity contribution >= 4 is 5.91 Å². The van der Waals surface area contributed by atoms with Crippen LogP contribution in [0.15, 0.2) is 36.4 Å². The normalized spacial score (nSPS) is 10.4. The summed E-state index contributed by atoms with van der Waals surface area (Å²) in [6, 6.07) is 7.70. The molecule has 0 atom stereocenters. The second-order valence-electron chi connectivity index (χ2n) is 3.51. The lowest BCUT2D eigenvalue weighted by Gasteiger charge is -2.17. The molecule has 0 aliphatic carbocycles. The summed E-state index contributed by atoms with van der Waals surface area (Å²) >= 11 is 0. The Morgan fingerprint density at radius 2 is 2.12 bits per heavy atom. The van der Waals surface area contributed by atoms with Crippen LogP contribution in [0.3, 0.4) is 0 Å². The van der Waals surface area contributed by atoms with Gasteiger partial charge in [0.2, 0.25) is 5.91 Å². The fraction of sp³-hybridized carbons (Fsp3) is 0.308. The van der Waals surface area contributed by atoms with E-state index in [1.54, 1.807) is 31.2 Å². The molecule has 1 amide bonds. The van der Waals surface area contributed by atoms with Crippen LogP contribution >= 0.6 is 0 Å². The van der Waals surface area contributed by atoms with Crippen molar-refractivity contribution in [3.63, 3.8) is 0 Å². The maximum atomic E-state index is 11.5. The zero-order valence-corrected chi connectivity index (χ0v) is 9.93. The van der Waals surface area contributed by atoms with Crippen LogP contribution in [-0.4, -0.2) is 25.0 Å². The van der Waals surface area contributed by atoms with Gasteiger partial charge in [-0.05, 0) is 19.1 Å². The number of nitrogens with zero attached hydrogens (tertiary/aromatic N) is 1. The molecule has 0 fully saturated rings. The first kappa shape index (κ1) is 12.3. The molecule has 0 aliphatic rings. The summed E-state index contributed by atoms with van der Waals surface area (Å²) in [5, 5.41) is 0. The molecular weight excluding hydrogens is 202 g/mol. The monoisotopic (exact) mass is 219 g/mol. The van der Waals surface area contributed by atoms with Crippen LogP contribution in [-0.2, 0) is 11.3 Å². The summed E-state index contributed by atoms with van der Waals surface area (Å²) in [4.78, 5) is 13.2. The smallest absolute Gasteiger partial charge is 0.246 e. The topological polar surface area (TPSA) is 29.5 Å². The van der Waals surface area contributed by atoms with Gasteiger partial charge in [-0.1, -0.05) is 24.3 Å². The molecular formula is C13H17NO2. The molecule has 1 rings (SSSR count). The summed E-state index contributed by atoms with van der Waals surface area (Å²) < 4.78 is 5.23. The fourth-order valence-corrected chi connectivity index (χ4v) is 1.44. The van der Waals surface area contributed by atoms with E-state index in [0.29, 0.717) is 6.54 Å². The Kier molecular flexibility index (Phi) is 4.58. The molecule has 0 aliphatic heterocycles. The first-order valence-corrected chi connectivity index (χ1v) is 5.18. The number of rotatable bonds is 4. The van der Waals surface area contributed by atoms with Gasteiger partial charge in [0, 0.05) is 19.2 Å². The Morgan fingerprint density at radius 3 is 2.75 bits per heavy atom. The second kappa shape index (κ2) is 5.95. The minimum absolute atomic E-state index is 0.00611. The van der Waals surface area contributed by atoms with Gasteiger partial charge in [-0.2, -0.15) is 0 Å². The van der Waals surface area contributed by atoms with E-state index < -0.39 is 0 Å². The van der Waals surface area contributed by atoms with Crippen molar-refractivity contribution in [1.82, 2.24) is 4.90 Å². The minimum Gasteiger partial charge on any atom is -0.496 e. The van der Waals surface area contributed by atoms with Crippen LogP contribution in [0.5, 0.6) is 5.75 Å². The van der Waals surface area contributed by atoms with E-state index in [1.165, 1.54) is 0 Å². The molecule has 0 bridgehead atoms. The highest BCUT2D eigenvalue weighted by atomic mass is 16.5. The molecule has 0 saturated heterocycles. The van der Waals surface area contributed by atoms with Crippen LogP contribution in [0.1, 0.15) is 12.5 Å². The molecule has 0 saturated carbocycles. The minimum atomic E-state index is -0.00611. The lowest BCUT2D eigenvalue weighted by atomic mass is 10.2. The number of hydrogen-bond donors (Lipinski definition) is 0. The summed E-state index contributed by atoms with van der Waals surface area (Å²) in [7, 11) is 3.40. The zero-order chi connectivity index (χ0) is 12.0. The largest absolute Gasteiger partial charge is 0.496 e. The average molecular weight is 219 g/mol. The highest BCUT2D eigenvalue weighted by Crippen LogP contribution is 2.18. The second-order valence-corrected chi connectivity index (χ2v) is 3.51. The highest BCUT2D eigenvalue weighted by Gasteiger charge is 2.08. The number of benzene rings is 1. The number of allylic oxidation sites excluding steroid dienone is 1. The number of likely N-dealkylation sites (N-methyl/N-ethyl adjacent to an activating group) is 1. The van der Waals surface area contributed by atoms with Gasteiger partial charge in [0.15, 0.2) is 0 Å². The number of carbonyl (C=O) groups excluding carboxylic acids is 1.